The van der Waals surface area contributed by atoms with E-state index in [1.54, 1.807) is 0 Å². The molecule has 0 bridgehead atoms. The molecule has 0 unspecified atom stereocenters. The van der Waals surface area contributed by atoms with E-state index in [9.17, 15) is 4.79 Å². The van der Waals surface area contributed by atoms with Crippen LogP contribution in [0.15, 0.2) is 0 Å². The Morgan fingerprint density at radius 2 is 1.94 bits per heavy atom. The molecule has 0 aromatic carbocycles. The summed E-state index contributed by atoms with van der Waals surface area (Å²) in [6.45, 7) is 8.15. The van der Waals surface area contributed by atoms with Crippen molar-refractivity contribution in [1.82, 2.24) is 9.80 Å². The minimum Gasteiger partial charge on any atom is -0.340 e. The third-order valence-electron chi connectivity index (χ3n) is 3.29. The van der Waals surface area contributed by atoms with Gasteiger partial charge in [-0.3, -0.25) is 9.69 Å². The van der Waals surface area contributed by atoms with E-state index in [0.29, 0.717) is 13.0 Å². The summed E-state index contributed by atoms with van der Waals surface area (Å²) < 4.78 is 0. The zero-order chi connectivity index (χ0) is 12.9. The standard InChI is InChI=1S/C12H22N4O/c1-12(2,10-14)11(17)16-8-6-15(7-9-16)5-3-4-13/h3,5-10,14H2,1-2H3. The Morgan fingerprint density at radius 1 is 1.35 bits per heavy atom. The molecular weight excluding hydrogens is 216 g/mol. The maximum absolute atomic E-state index is 12.1. The smallest absolute Gasteiger partial charge is 0.229 e. The Hall–Kier alpha value is -1.12. The number of hydrogen-bond acceptors (Lipinski definition) is 4. The van der Waals surface area contributed by atoms with Gasteiger partial charge in [-0.1, -0.05) is 0 Å². The van der Waals surface area contributed by atoms with Gasteiger partial charge in [0.15, 0.2) is 0 Å². The van der Waals surface area contributed by atoms with Crippen molar-refractivity contribution < 1.29 is 4.79 Å². The predicted octanol–water partition coefficient (Wildman–Crippen LogP) is 0.0292. The second-order valence-electron chi connectivity index (χ2n) is 5.13. The molecule has 0 aliphatic carbocycles. The van der Waals surface area contributed by atoms with Crippen molar-refractivity contribution in [3.63, 3.8) is 0 Å². The van der Waals surface area contributed by atoms with Crippen LogP contribution in [-0.2, 0) is 4.79 Å². The molecule has 1 fully saturated rings. The van der Waals surface area contributed by atoms with E-state index in [0.717, 1.165) is 32.7 Å². The van der Waals surface area contributed by atoms with Crippen molar-refractivity contribution in [2.45, 2.75) is 20.3 Å². The fourth-order valence-electron chi connectivity index (χ4n) is 1.90. The Morgan fingerprint density at radius 3 is 2.41 bits per heavy atom. The summed E-state index contributed by atoms with van der Waals surface area (Å²) in [5.74, 6) is 0.139. The maximum Gasteiger partial charge on any atom is 0.229 e. The van der Waals surface area contributed by atoms with Crippen LogP contribution >= 0.6 is 0 Å². The van der Waals surface area contributed by atoms with E-state index < -0.39 is 5.41 Å². The second kappa shape index (κ2) is 5.99. The Bertz CT molecular complexity index is 300. The monoisotopic (exact) mass is 238 g/mol. The minimum absolute atomic E-state index is 0.139. The molecule has 0 aromatic heterocycles. The lowest BCUT2D eigenvalue weighted by Crippen LogP contribution is -2.53. The van der Waals surface area contributed by atoms with Gasteiger partial charge in [-0.2, -0.15) is 5.26 Å². The fourth-order valence-corrected chi connectivity index (χ4v) is 1.90. The third kappa shape index (κ3) is 3.69. The molecule has 0 aromatic rings. The largest absolute Gasteiger partial charge is 0.340 e. The van der Waals surface area contributed by atoms with Crippen molar-refractivity contribution in [1.29, 1.82) is 5.26 Å². The first-order valence-corrected chi connectivity index (χ1v) is 6.10. The number of carbonyl (C=O) groups excluding carboxylic acids is 1. The molecule has 1 amide bonds. The van der Waals surface area contributed by atoms with Crippen molar-refractivity contribution in [3.05, 3.63) is 0 Å². The highest BCUT2D eigenvalue weighted by Crippen LogP contribution is 2.18. The number of nitriles is 1. The van der Waals surface area contributed by atoms with E-state index >= 15 is 0 Å². The van der Waals surface area contributed by atoms with E-state index in [1.165, 1.54) is 0 Å². The zero-order valence-electron chi connectivity index (χ0n) is 10.8. The Labute approximate surface area is 103 Å². The van der Waals surface area contributed by atoms with Crippen LogP contribution in [0.2, 0.25) is 0 Å². The van der Waals surface area contributed by atoms with Gasteiger partial charge < -0.3 is 10.6 Å². The number of nitrogens with two attached hydrogens (primary N) is 1. The number of nitrogens with zero attached hydrogens (tertiary/aromatic N) is 3. The van der Waals surface area contributed by atoms with Crippen LogP contribution in [0.5, 0.6) is 0 Å². The summed E-state index contributed by atoms with van der Waals surface area (Å²) in [6, 6.07) is 2.14. The Balaban J connectivity index is 2.42. The summed E-state index contributed by atoms with van der Waals surface area (Å²) in [6.07, 6.45) is 0.558. The van der Waals surface area contributed by atoms with Crippen LogP contribution in [0.1, 0.15) is 20.3 Å². The lowest BCUT2D eigenvalue weighted by molar-refractivity contribution is -0.141. The van der Waals surface area contributed by atoms with Crippen LogP contribution < -0.4 is 5.73 Å². The van der Waals surface area contributed by atoms with Crippen LogP contribution in [-0.4, -0.2) is 55.0 Å². The first kappa shape index (κ1) is 13.9. The number of carbonyl (C=O) groups is 1. The zero-order valence-corrected chi connectivity index (χ0v) is 10.8. The quantitative estimate of drug-likeness (QED) is 0.750. The van der Waals surface area contributed by atoms with Gasteiger partial charge in [-0.15, -0.1) is 0 Å². The minimum atomic E-state index is -0.463. The molecule has 2 N–H and O–H groups in total. The number of piperazine rings is 1. The molecule has 0 saturated carbocycles. The molecule has 0 radical (unpaired) electrons. The highest BCUT2D eigenvalue weighted by atomic mass is 16.2. The number of amides is 1. The first-order valence-electron chi connectivity index (χ1n) is 6.10. The normalized spacial score (nSPS) is 17.9. The summed E-state index contributed by atoms with van der Waals surface area (Å²) >= 11 is 0. The van der Waals surface area contributed by atoms with E-state index in [4.69, 9.17) is 11.0 Å². The summed E-state index contributed by atoms with van der Waals surface area (Å²) in [5, 5.41) is 8.52. The van der Waals surface area contributed by atoms with Gasteiger partial charge >= 0.3 is 0 Å². The maximum atomic E-state index is 12.1. The molecule has 1 rings (SSSR count). The van der Waals surface area contributed by atoms with Gasteiger partial charge in [0.05, 0.1) is 11.5 Å². The molecule has 1 aliphatic heterocycles. The molecule has 5 nitrogen and oxygen atoms in total. The lowest BCUT2D eigenvalue weighted by Gasteiger charge is -2.38. The summed E-state index contributed by atoms with van der Waals surface area (Å²) in [7, 11) is 0. The fraction of sp³-hybridized carbons (Fsp3) is 0.833. The SMILES string of the molecule is CC(C)(CN)C(=O)N1CCN(CCC#N)CC1. The predicted molar refractivity (Wildman–Crippen MR) is 66.1 cm³/mol. The van der Waals surface area contributed by atoms with E-state index in [-0.39, 0.29) is 5.91 Å². The average molecular weight is 238 g/mol. The summed E-state index contributed by atoms with van der Waals surface area (Å²) in [4.78, 5) is 16.3. The Kier molecular flexibility index (Phi) is 4.91. The van der Waals surface area contributed by atoms with Gasteiger partial charge in [0, 0.05) is 45.7 Å². The van der Waals surface area contributed by atoms with Crippen molar-refractivity contribution >= 4 is 5.91 Å². The average Bonchev–Trinajstić information content (AvgIpc) is 2.36. The van der Waals surface area contributed by atoms with Crippen LogP contribution in [0.3, 0.4) is 0 Å². The molecule has 1 heterocycles. The third-order valence-corrected chi connectivity index (χ3v) is 3.29. The highest BCUT2D eigenvalue weighted by Gasteiger charge is 2.32. The molecular formula is C12H22N4O. The van der Waals surface area contributed by atoms with Crippen LogP contribution in [0, 0.1) is 16.7 Å². The molecule has 96 valence electrons. The molecule has 1 saturated heterocycles. The van der Waals surface area contributed by atoms with Crippen LogP contribution in [0.25, 0.3) is 0 Å². The lowest BCUT2D eigenvalue weighted by atomic mass is 9.91. The van der Waals surface area contributed by atoms with Crippen molar-refractivity contribution in [2.75, 3.05) is 39.3 Å². The van der Waals surface area contributed by atoms with E-state index in [1.807, 2.05) is 18.7 Å². The van der Waals surface area contributed by atoms with Crippen molar-refractivity contribution in [2.24, 2.45) is 11.1 Å². The molecule has 0 atom stereocenters. The van der Waals surface area contributed by atoms with Gasteiger partial charge in [-0.25, -0.2) is 0 Å². The number of rotatable bonds is 4. The topological polar surface area (TPSA) is 73.4 Å². The molecule has 0 spiro atoms. The molecule has 5 heteroatoms. The molecule has 17 heavy (non-hydrogen) atoms. The van der Waals surface area contributed by atoms with Crippen molar-refractivity contribution in [3.8, 4) is 6.07 Å². The highest BCUT2D eigenvalue weighted by molar-refractivity contribution is 5.82. The van der Waals surface area contributed by atoms with Gasteiger partial charge in [0.1, 0.15) is 0 Å². The van der Waals surface area contributed by atoms with Crippen LogP contribution in [0.4, 0.5) is 0 Å². The first-order chi connectivity index (χ1) is 8.01. The van der Waals surface area contributed by atoms with Gasteiger partial charge in [0.2, 0.25) is 5.91 Å². The van der Waals surface area contributed by atoms with Gasteiger partial charge in [0.25, 0.3) is 0 Å². The van der Waals surface area contributed by atoms with E-state index in [2.05, 4.69) is 11.0 Å². The second-order valence-corrected chi connectivity index (χ2v) is 5.13. The van der Waals surface area contributed by atoms with Gasteiger partial charge in [-0.05, 0) is 13.8 Å². The number of hydrogen-bond donors (Lipinski definition) is 1. The molecule has 1 aliphatic rings. The summed E-state index contributed by atoms with van der Waals surface area (Å²) in [5.41, 5.74) is 5.15.